The molecule has 0 saturated carbocycles. The third-order valence-corrected chi connectivity index (χ3v) is 6.93. The van der Waals surface area contributed by atoms with Crippen molar-refractivity contribution in [2.75, 3.05) is 24.5 Å². The van der Waals surface area contributed by atoms with Crippen LogP contribution in [0.25, 0.3) is 0 Å². The number of nitrogens with zero attached hydrogens (tertiary/aromatic N) is 2. The first kappa shape index (κ1) is 24.0. The number of aryl methyl sites for hydroxylation is 2. The molecule has 7 heteroatoms. The molecule has 3 aromatic carbocycles. The highest BCUT2D eigenvalue weighted by Gasteiger charge is 2.46. The monoisotopic (exact) mass is 486 g/mol. The van der Waals surface area contributed by atoms with Crippen LogP contribution in [0.15, 0.2) is 72.8 Å². The van der Waals surface area contributed by atoms with Crippen molar-refractivity contribution in [2.24, 2.45) is 5.92 Å². The first-order valence-corrected chi connectivity index (χ1v) is 12.5. The Balaban J connectivity index is 1.24. The number of carbonyl (C=O) groups excluding carboxylic acids is 2. The van der Waals surface area contributed by atoms with Gasteiger partial charge in [-0.05, 0) is 54.7 Å². The van der Waals surface area contributed by atoms with Crippen molar-refractivity contribution in [3.05, 3.63) is 101 Å². The van der Waals surface area contributed by atoms with Gasteiger partial charge in [-0.25, -0.2) is 9.82 Å². The lowest BCUT2D eigenvalue weighted by atomic mass is 9.87. The number of hydrazine groups is 1. The number of anilines is 1. The largest absolute Gasteiger partial charge is 0.366 e. The molecule has 0 aromatic heterocycles. The van der Waals surface area contributed by atoms with E-state index in [1.807, 2.05) is 37.3 Å². The molecule has 2 atom stereocenters. The lowest BCUT2D eigenvalue weighted by molar-refractivity contribution is -0.136. The lowest BCUT2D eigenvalue weighted by Crippen LogP contribution is -2.43. The fourth-order valence-electron chi connectivity index (χ4n) is 5.20. The standard InChI is InChI=1S/C29H31FN4O2/c1-20-7-5-10-22(15-20)17-33-18-25-28(24-16-23(30)12-13-26(24)33)32-34(29(25)36)19-27(35)31-14-6-11-21-8-3-2-4-9-21/h2-5,7-10,12-13,15-16,25,28,32H,6,11,14,17-19H2,1H3,(H,31,35). The predicted molar refractivity (Wildman–Crippen MR) is 137 cm³/mol. The number of halogens is 1. The number of fused-ring (bicyclic) bond motifs is 3. The molecule has 0 aliphatic carbocycles. The SMILES string of the molecule is Cc1cccc(CN2CC3C(=O)N(CC(=O)NCCCc4ccccc4)NC3c3cc(F)ccc32)c1. The van der Waals surface area contributed by atoms with Gasteiger partial charge in [0.2, 0.25) is 11.8 Å². The fourth-order valence-corrected chi connectivity index (χ4v) is 5.20. The molecule has 2 N–H and O–H groups in total. The third-order valence-electron chi connectivity index (χ3n) is 6.93. The van der Waals surface area contributed by atoms with E-state index in [-0.39, 0.29) is 30.2 Å². The van der Waals surface area contributed by atoms with Crippen LogP contribution in [0.5, 0.6) is 0 Å². The van der Waals surface area contributed by atoms with Gasteiger partial charge < -0.3 is 10.2 Å². The van der Waals surface area contributed by atoms with Gasteiger partial charge in [0.25, 0.3) is 0 Å². The van der Waals surface area contributed by atoms with E-state index in [1.54, 1.807) is 6.07 Å². The van der Waals surface area contributed by atoms with Crippen LogP contribution >= 0.6 is 0 Å². The molecule has 5 rings (SSSR count). The summed E-state index contributed by atoms with van der Waals surface area (Å²) in [6.07, 6.45) is 1.70. The number of hydrogen-bond acceptors (Lipinski definition) is 4. The zero-order valence-corrected chi connectivity index (χ0v) is 20.4. The molecule has 0 radical (unpaired) electrons. The molecule has 3 aromatic rings. The van der Waals surface area contributed by atoms with Gasteiger partial charge in [-0.1, -0.05) is 60.2 Å². The number of benzene rings is 3. The smallest absolute Gasteiger partial charge is 0.244 e. The highest BCUT2D eigenvalue weighted by Crippen LogP contribution is 2.41. The number of amides is 2. The number of hydrogen-bond donors (Lipinski definition) is 2. The Morgan fingerprint density at radius 3 is 2.67 bits per heavy atom. The molecule has 1 fully saturated rings. The van der Waals surface area contributed by atoms with Crippen molar-refractivity contribution in [2.45, 2.75) is 32.4 Å². The highest BCUT2D eigenvalue weighted by atomic mass is 19.1. The predicted octanol–water partition coefficient (Wildman–Crippen LogP) is 3.91. The van der Waals surface area contributed by atoms with Crippen LogP contribution in [0.3, 0.4) is 0 Å². The van der Waals surface area contributed by atoms with Crippen LogP contribution < -0.4 is 15.6 Å². The Morgan fingerprint density at radius 1 is 1.06 bits per heavy atom. The molecular formula is C29H31FN4O2. The summed E-state index contributed by atoms with van der Waals surface area (Å²) in [6, 6.07) is 22.8. The Kier molecular flexibility index (Phi) is 7.00. The summed E-state index contributed by atoms with van der Waals surface area (Å²) < 4.78 is 14.2. The second-order valence-corrected chi connectivity index (χ2v) is 9.65. The average Bonchev–Trinajstić information content (AvgIpc) is 3.17. The molecular weight excluding hydrogens is 455 g/mol. The van der Waals surface area contributed by atoms with Crippen LogP contribution in [0.2, 0.25) is 0 Å². The Labute approximate surface area is 211 Å². The van der Waals surface area contributed by atoms with Crippen molar-refractivity contribution >= 4 is 17.5 Å². The number of carbonyl (C=O) groups is 2. The quantitative estimate of drug-likeness (QED) is 0.474. The van der Waals surface area contributed by atoms with E-state index in [4.69, 9.17) is 0 Å². The van der Waals surface area contributed by atoms with E-state index in [1.165, 1.54) is 28.3 Å². The number of rotatable bonds is 8. The van der Waals surface area contributed by atoms with Crippen LogP contribution in [-0.4, -0.2) is 36.5 Å². The second kappa shape index (κ2) is 10.5. The summed E-state index contributed by atoms with van der Waals surface area (Å²) in [5.41, 5.74) is 8.38. The van der Waals surface area contributed by atoms with Gasteiger partial charge in [0.05, 0.1) is 12.0 Å². The first-order valence-electron chi connectivity index (χ1n) is 12.5. The highest BCUT2D eigenvalue weighted by molar-refractivity contribution is 5.88. The summed E-state index contributed by atoms with van der Waals surface area (Å²) in [5.74, 6) is -1.08. The van der Waals surface area contributed by atoms with Crippen molar-refractivity contribution in [1.29, 1.82) is 0 Å². The van der Waals surface area contributed by atoms with Gasteiger partial charge in [-0.2, -0.15) is 0 Å². The van der Waals surface area contributed by atoms with Crippen LogP contribution in [0.1, 0.15) is 34.7 Å². The molecule has 2 amide bonds. The van der Waals surface area contributed by atoms with Crippen molar-refractivity contribution in [3.63, 3.8) is 0 Å². The van der Waals surface area contributed by atoms with Gasteiger partial charge in [0.1, 0.15) is 12.4 Å². The molecule has 6 nitrogen and oxygen atoms in total. The van der Waals surface area contributed by atoms with Crippen LogP contribution in [0, 0.1) is 18.7 Å². The fraction of sp³-hybridized carbons (Fsp3) is 0.310. The maximum absolute atomic E-state index is 14.2. The molecule has 2 aliphatic rings. The molecule has 186 valence electrons. The van der Waals surface area contributed by atoms with Gasteiger partial charge >= 0.3 is 0 Å². The van der Waals surface area contributed by atoms with Crippen LogP contribution in [0.4, 0.5) is 10.1 Å². The van der Waals surface area contributed by atoms with Gasteiger partial charge in [0, 0.05) is 25.3 Å². The van der Waals surface area contributed by atoms with E-state index in [0.717, 1.165) is 29.7 Å². The maximum atomic E-state index is 14.2. The van der Waals surface area contributed by atoms with Gasteiger partial charge in [-0.3, -0.25) is 14.6 Å². The Morgan fingerprint density at radius 2 is 1.86 bits per heavy atom. The summed E-state index contributed by atoms with van der Waals surface area (Å²) in [5, 5.41) is 4.31. The molecule has 2 unspecified atom stereocenters. The minimum atomic E-state index is -0.394. The molecule has 36 heavy (non-hydrogen) atoms. The molecule has 0 bridgehead atoms. The van der Waals surface area contributed by atoms with E-state index >= 15 is 0 Å². The molecule has 0 spiro atoms. The zero-order chi connectivity index (χ0) is 25.1. The van der Waals surface area contributed by atoms with Crippen LogP contribution in [-0.2, 0) is 22.6 Å². The topological polar surface area (TPSA) is 64.7 Å². The molecule has 2 aliphatic heterocycles. The Hall–Kier alpha value is -3.71. The van der Waals surface area contributed by atoms with E-state index < -0.39 is 5.92 Å². The van der Waals surface area contributed by atoms with E-state index in [0.29, 0.717) is 19.6 Å². The average molecular weight is 487 g/mol. The molecule has 1 saturated heterocycles. The third kappa shape index (κ3) is 5.26. The molecule has 2 heterocycles. The minimum Gasteiger partial charge on any atom is -0.366 e. The van der Waals surface area contributed by atoms with Crippen molar-refractivity contribution in [1.82, 2.24) is 15.8 Å². The van der Waals surface area contributed by atoms with E-state index in [9.17, 15) is 14.0 Å². The Bertz CT molecular complexity index is 1250. The first-order chi connectivity index (χ1) is 17.5. The summed E-state index contributed by atoms with van der Waals surface area (Å²) in [6.45, 7) is 3.64. The summed E-state index contributed by atoms with van der Waals surface area (Å²) in [4.78, 5) is 28.0. The van der Waals surface area contributed by atoms with E-state index in [2.05, 4.69) is 39.9 Å². The van der Waals surface area contributed by atoms with Crippen molar-refractivity contribution in [3.8, 4) is 0 Å². The van der Waals surface area contributed by atoms with Crippen molar-refractivity contribution < 1.29 is 14.0 Å². The van der Waals surface area contributed by atoms with Gasteiger partial charge in [0.15, 0.2) is 0 Å². The number of nitrogens with one attached hydrogen (secondary N) is 2. The second-order valence-electron chi connectivity index (χ2n) is 9.65. The summed E-state index contributed by atoms with van der Waals surface area (Å²) in [7, 11) is 0. The lowest BCUT2D eigenvalue weighted by Gasteiger charge is -2.36. The van der Waals surface area contributed by atoms with Gasteiger partial charge in [-0.15, -0.1) is 0 Å². The maximum Gasteiger partial charge on any atom is 0.244 e. The zero-order valence-electron chi connectivity index (χ0n) is 20.4. The summed E-state index contributed by atoms with van der Waals surface area (Å²) >= 11 is 0. The normalized spacial score (nSPS) is 18.7. The minimum absolute atomic E-state index is 0.0697.